The Hall–Kier alpha value is -5.10. The zero-order valence-corrected chi connectivity index (χ0v) is 21.3. The molecule has 0 bridgehead atoms. The standard InChI is InChI=1S/C27H21N5O6S/c1-39(34,35)18-11-9-17(10-12-18)37-24-14-21-22(31-26(30-21)20-7-4-5-13-28-20)15-25(24)38-23-8-3-2-6-19(23)27-29-16-36-32(27)33/h2-15,29H,16H2,1H3,(H,30,31). The molecular formula is C27H21N5O6S. The first-order valence-corrected chi connectivity index (χ1v) is 13.7. The number of fused-ring (bicyclic) bond motifs is 1. The third kappa shape index (κ3) is 4.92. The molecule has 3 aromatic carbocycles. The molecule has 0 atom stereocenters. The number of nitrogens with one attached hydrogen (secondary N) is 2. The summed E-state index contributed by atoms with van der Waals surface area (Å²) in [6, 6.07) is 22.1. The molecule has 5 aromatic rings. The third-order valence-corrected chi connectivity index (χ3v) is 7.03. The van der Waals surface area contributed by atoms with Crippen molar-refractivity contribution in [1.29, 1.82) is 0 Å². The average molecular weight is 544 g/mol. The van der Waals surface area contributed by atoms with E-state index in [0.29, 0.717) is 56.0 Å². The fraction of sp³-hybridized carbons (Fsp3) is 0.0741. The van der Waals surface area contributed by atoms with Gasteiger partial charge in [-0.3, -0.25) is 10.3 Å². The van der Waals surface area contributed by atoms with Crippen LogP contribution in [-0.2, 0) is 14.7 Å². The lowest BCUT2D eigenvalue weighted by molar-refractivity contribution is -0.730. The van der Waals surface area contributed by atoms with Gasteiger partial charge in [-0.1, -0.05) is 18.2 Å². The second kappa shape index (κ2) is 9.65. The Morgan fingerprint density at radius 2 is 1.72 bits per heavy atom. The van der Waals surface area contributed by atoms with Crippen molar-refractivity contribution in [3.8, 4) is 34.5 Å². The van der Waals surface area contributed by atoms with Crippen molar-refractivity contribution >= 4 is 26.7 Å². The maximum absolute atomic E-state index is 12.2. The smallest absolute Gasteiger partial charge is 0.327 e. The van der Waals surface area contributed by atoms with Crippen LogP contribution in [0.2, 0.25) is 0 Å². The van der Waals surface area contributed by atoms with Crippen LogP contribution in [0.5, 0.6) is 23.0 Å². The Morgan fingerprint density at radius 3 is 2.44 bits per heavy atom. The highest BCUT2D eigenvalue weighted by atomic mass is 32.2. The van der Waals surface area contributed by atoms with Gasteiger partial charge in [-0.15, -0.1) is 0 Å². The Kier molecular flexibility index (Phi) is 6.00. The van der Waals surface area contributed by atoms with Gasteiger partial charge in [0.15, 0.2) is 33.9 Å². The molecule has 196 valence electrons. The van der Waals surface area contributed by atoms with Gasteiger partial charge in [0.05, 0.1) is 15.9 Å². The summed E-state index contributed by atoms with van der Waals surface area (Å²) in [6.45, 7) is 0.0431. The number of imidazole rings is 1. The molecule has 39 heavy (non-hydrogen) atoms. The van der Waals surface area contributed by atoms with Crippen LogP contribution in [0.1, 0.15) is 5.56 Å². The topological polar surface area (TPSA) is 142 Å². The van der Waals surface area contributed by atoms with E-state index in [-0.39, 0.29) is 17.5 Å². The molecule has 1 aliphatic heterocycles. The molecule has 0 amide bonds. The lowest BCUT2D eigenvalue weighted by Crippen LogP contribution is -2.22. The monoisotopic (exact) mass is 543 g/mol. The van der Waals surface area contributed by atoms with Crippen molar-refractivity contribution in [2.45, 2.75) is 4.90 Å². The molecule has 12 heteroatoms. The lowest BCUT2D eigenvalue weighted by atomic mass is 10.2. The summed E-state index contributed by atoms with van der Waals surface area (Å²) < 4.78 is 36.2. The highest BCUT2D eigenvalue weighted by Crippen LogP contribution is 2.39. The lowest BCUT2D eigenvalue weighted by Gasteiger charge is -2.14. The minimum atomic E-state index is -3.36. The van der Waals surface area contributed by atoms with E-state index in [2.05, 4.69) is 20.3 Å². The Balaban J connectivity index is 1.43. The van der Waals surface area contributed by atoms with Crippen LogP contribution < -0.4 is 14.8 Å². The first kappa shape index (κ1) is 24.2. The van der Waals surface area contributed by atoms with Crippen LogP contribution in [0.25, 0.3) is 22.6 Å². The molecule has 0 saturated heterocycles. The molecule has 0 unspecified atom stereocenters. The van der Waals surface area contributed by atoms with E-state index in [1.54, 1.807) is 54.7 Å². The van der Waals surface area contributed by atoms with E-state index >= 15 is 0 Å². The molecule has 1 aliphatic rings. The molecule has 0 saturated carbocycles. The number of hydrogen-bond donors (Lipinski definition) is 2. The van der Waals surface area contributed by atoms with Crippen molar-refractivity contribution in [3.05, 3.63) is 95.8 Å². The second-order valence-corrected chi connectivity index (χ2v) is 10.6. The van der Waals surface area contributed by atoms with Crippen LogP contribution >= 0.6 is 0 Å². The Bertz CT molecular complexity index is 1820. The van der Waals surface area contributed by atoms with Crippen molar-refractivity contribution in [2.24, 2.45) is 0 Å². The van der Waals surface area contributed by atoms with Crippen molar-refractivity contribution < 1.29 is 27.6 Å². The van der Waals surface area contributed by atoms with Gasteiger partial charge in [0.2, 0.25) is 0 Å². The number of H-pyrrole nitrogens is 1. The molecule has 2 aromatic heterocycles. The third-order valence-electron chi connectivity index (χ3n) is 5.90. The van der Waals surface area contributed by atoms with E-state index in [4.69, 9.17) is 14.3 Å². The quantitative estimate of drug-likeness (QED) is 0.286. The zero-order chi connectivity index (χ0) is 27.0. The first-order valence-electron chi connectivity index (χ1n) is 11.8. The van der Waals surface area contributed by atoms with E-state index < -0.39 is 9.84 Å². The number of nitrogens with zero attached hydrogens (tertiary/aromatic N) is 3. The van der Waals surface area contributed by atoms with Gasteiger partial charge in [-0.05, 0) is 53.4 Å². The predicted octanol–water partition coefficient (Wildman–Crippen LogP) is 4.36. The van der Waals surface area contributed by atoms with Crippen LogP contribution in [0, 0.1) is 5.21 Å². The maximum Gasteiger partial charge on any atom is 0.327 e. The molecule has 3 heterocycles. The summed E-state index contributed by atoms with van der Waals surface area (Å²) in [5.74, 6) is 2.21. The van der Waals surface area contributed by atoms with Crippen molar-refractivity contribution in [2.75, 3.05) is 13.0 Å². The van der Waals surface area contributed by atoms with Crippen molar-refractivity contribution in [1.82, 2.24) is 20.3 Å². The van der Waals surface area contributed by atoms with Crippen LogP contribution in [-0.4, -0.2) is 47.1 Å². The second-order valence-electron chi connectivity index (χ2n) is 8.62. The summed E-state index contributed by atoms with van der Waals surface area (Å²) in [5, 5.41) is 15.0. The SMILES string of the molecule is CS(=O)(=O)c1ccc(Oc2cc3nc(-c4ccccn4)[nH]c3cc2Oc2ccccc2C2=[N+]([O-])OCN2)cc1. The van der Waals surface area contributed by atoms with E-state index in [1.165, 1.54) is 12.1 Å². The summed E-state index contributed by atoms with van der Waals surface area (Å²) in [6.07, 6.45) is 2.82. The number of pyridine rings is 1. The van der Waals surface area contributed by atoms with Gasteiger partial charge in [-0.2, -0.15) is 0 Å². The maximum atomic E-state index is 12.2. The normalized spacial score (nSPS) is 13.3. The van der Waals surface area contributed by atoms with Gasteiger partial charge in [0.1, 0.15) is 22.8 Å². The summed E-state index contributed by atoms with van der Waals surface area (Å²) in [5.41, 5.74) is 2.43. The van der Waals surface area contributed by atoms with Gasteiger partial charge >= 0.3 is 5.84 Å². The number of amidine groups is 1. The summed E-state index contributed by atoms with van der Waals surface area (Å²) in [7, 11) is -3.36. The number of para-hydroxylation sites is 1. The number of ether oxygens (including phenoxy) is 2. The number of benzene rings is 3. The number of aromatic amines is 1. The fourth-order valence-corrected chi connectivity index (χ4v) is 4.67. The summed E-state index contributed by atoms with van der Waals surface area (Å²) in [4.78, 5) is 17.8. The van der Waals surface area contributed by atoms with Crippen LogP contribution in [0.15, 0.2) is 90.0 Å². The minimum Gasteiger partial charge on any atom is -0.453 e. The molecular weight excluding hydrogens is 522 g/mol. The molecule has 2 N–H and O–H groups in total. The number of aromatic nitrogens is 3. The molecule has 11 nitrogen and oxygen atoms in total. The number of sulfone groups is 1. The molecule has 0 aliphatic carbocycles. The number of rotatable bonds is 7. The number of hydrogen-bond acceptors (Lipinski definition) is 9. The first-order chi connectivity index (χ1) is 18.8. The molecule has 6 rings (SSSR count). The van der Waals surface area contributed by atoms with Gasteiger partial charge in [0.25, 0.3) is 0 Å². The van der Waals surface area contributed by atoms with Crippen LogP contribution in [0.3, 0.4) is 0 Å². The highest BCUT2D eigenvalue weighted by molar-refractivity contribution is 7.90. The average Bonchev–Trinajstić information content (AvgIpc) is 3.55. The minimum absolute atomic E-state index is 0.0431. The molecule has 0 spiro atoms. The van der Waals surface area contributed by atoms with Gasteiger partial charge in [-0.25, -0.2) is 13.4 Å². The summed E-state index contributed by atoms with van der Waals surface area (Å²) >= 11 is 0. The van der Waals surface area contributed by atoms with E-state index in [0.717, 1.165) is 6.26 Å². The van der Waals surface area contributed by atoms with E-state index in [1.807, 2.05) is 18.2 Å². The van der Waals surface area contributed by atoms with Gasteiger partial charge in [0, 0.05) is 24.6 Å². The molecule has 0 fully saturated rings. The van der Waals surface area contributed by atoms with Gasteiger partial charge < -0.3 is 24.5 Å². The Morgan fingerprint density at radius 1 is 0.949 bits per heavy atom. The van der Waals surface area contributed by atoms with E-state index in [9.17, 15) is 13.6 Å². The highest BCUT2D eigenvalue weighted by Gasteiger charge is 2.24. The molecule has 0 radical (unpaired) electrons. The Labute approximate surface area is 222 Å². The predicted molar refractivity (Wildman–Crippen MR) is 142 cm³/mol. The fourth-order valence-electron chi connectivity index (χ4n) is 4.03. The largest absolute Gasteiger partial charge is 0.453 e. The van der Waals surface area contributed by atoms with Crippen molar-refractivity contribution in [3.63, 3.8) is 0 Å². The zero-order valence-electron chi connectivity index (χ0n) is 20.5. The van der Waals surface area contributed by atoms with Crippen LogP contribution in [0.4, 0.5) is 0 Å².